The van der Waals surface area contributed by atoms with Gasteiger partial charge < -0.3 is 14.8 Å². The topological polar surface area (TPSA) is 64.9 Å². The first-order chi connectivity index (χ1) is 14.6. The third-order valence-electron chi connectivity index (χ3n) is 5.04. The van der Waals surface area contributed by atoms with E-state index < -0.39 is 0 Å². The quantitative estimate of drug-likeness (QED) is 0.438. The molecular formula is C23H24ClN3O3S. The van der Waals surface area contributed by atoms with Crippen LogP contribution in [0.1, 0.15) is 16.8 Å². The van der Waals surface area contributed by atoms with Crippen molar-refractivity contribution in [2.75, 3.05) is 14.2 Å². The zero-order chi connectivity index (χ0) is 21.1. The summed E-state index contributed by atoms with van der Waals surface area (Å²) < 4.78 is 12.7. The van der Waals surface area contributed by atoms with Crippen LogP contribution in [0.4, 0.5) is 0 Å². The predicted molar refractivity (Wildman–Crippen MR) is 126 cm³/mol. The van der Waals surface area contributed by atoms with Crippen molar-refractivity contribution in [2.45, 2.75) is 19.9 Å². The molecule has 0 radical (unpaired) electrons. The minimum absolute atomic E-state index is 0. The van der Waals surface area contributed by atoms with E-state index >= 15 is 0 Å². The van der Waals surface area contributed by atoms with E-state index in [9.17, 15) is 4.79 Å². The molecule has 0 aliphatic carbocycles. The van der Waals surface area contributed by atoms with Gasteiger partial charge in [0.15, 0.2) is 16.5 Å². The lowest BCUT2D eigenvalue weighted by Crippen LogP contribution is -2.25. The van der Waals surface area contributed by atoms with Crippen molar-refractivity contribution in [2.24, 2.45) is 0 Å². The number of hydrogen-bond acceptors (Lipinski definition) is 5. The minimum atomic E-state index is -0.0145. The van der Waals surface area contributed by atoms with Gasteiger partial charge in [0.05, 0.1) is 26.3 Å². The van der Waals surface area contributed by atoms with E-state index in [4.69, 9.17) is 14.5 Å². The molecule has 2 heterocycles. The monoisotopic (exact) mass is 457 g/mol. The van der Waals surface area contributed by atoms with Crippen LogP contribution in [0.5, 0.6) is 11.5 Å². The molecule has 2 aromatic carbocycles. The van der Waals surface area contributed by atoms with Gasteiger partial charge in [0.25, 0.3) is 0 Å². The highest BCUT2D eigenvalue weighted by Crippen LogP contribution is 2.32. The lowest BCUT2D eigenvalue weighted by molar-refractivity contribution is -0.120. The molecule has 0 aliphatic rings. The van der Waals surface area contributed by atoms with Gasteiger partial charge in [-0.25, -0.2) is 4.98 Å². The molecule has 1 N–H and O–H groups in total. The number of halogens is 1. The number of methoxy groups -OCH3 is 2. The molecule has 4 rings (SSSR count). The SMILES string of the molecule is COc1ccc(-c2cn3c(CC(=O)NCc4ccccc4C)csc3n2)cc1OC.Cl. The first-order valence-electron chi connectivity index (χ1n) is 9.58. The number of imidazole rings is 1. The molecule has 0 fully saturated rings. The van der Waals surface area contributed by atoms with Crippen LogP contribution in [0.3, 0.4) is 0 Å². The molecule has 0 aliphatic heterocycles. The van der Waals surface area contributed by atoms with E-state index in [-0.39, 0.29) is 18.3 Å². The molecule has 162 valence electrons. The molecule has 8 heteroatoms. The fourth-order valence-electron chi connectivity index (χ4n) is 3.32. The molecule has 0 saturated carbocycles. The Bertz CT molecular complexity index is 1200. The van der Waals surface area contributed by atoms with Crippen molar-refractivity contribution >= 4 is 34.6 Å². The Morgan fingerprint density at radius 1 is 1.13 bits per heavy atom. The number of thiazole rings is 1. The number of carbonyl (C=O) groups excluding carboxylic acids is 1. The highest BCUT2D eigenvalue weighted by Gasteiger charge is 2.14. The van der Waals surface area contributed by atoms with Crippen molar-refractivity contribution in [3.05, 3.63) is 70.9 Å². The lowest BCUT2D eigenvalue weighted by atomic mass is 10.1. The number of amides is 1. The van der Waals surface area contributed by atoms with Crippen molar-refractivity contribution in [3.63, 3.8) is 0 Å². The molecule has 4 aromatic rings. The van der Waals surface area contributed by atoms with Crippen LogP contribution in [0.15, 0.2) is 54.0 Å². The normalized spacial score (nSPS) is 10.5. The van der Waals surface area contributed by atoms with E-state index in [0.717, 1.165) is 27.5 Å². The second-order valence-corrected chi connectivity index (χ2v) is 7.79. The van der Waals surface area contributed by atoms with Crippen LogP contribution >= 0.6 is 23.7 Å². The first-order valence-corrected chi connectivity index (χ1v) is 10.5. The highest BCUT2D eigenvalue weighted by atomic mass is 35.5. The number of ether oxygens (including phenoxy) is 2. The summed E-state index contributed by atoms with van der Waals surface area (Å²) in [6.07, 6.45) is 2.25. The van der Waals surface area contributed by atoms with E-state index in [1.54, 1.807) is 14.2 Å². The second-order valence-electron chi connectivity index (χ2n) is 6.96. The van der Waals surface area contributed by atoms with Gasteiger partial charge in [-0.1, -0.05) is 24.3 Å². The molecule has 6 nitrogen and oxygen atoms in total. The molecule has 2 aromatic heterocycles. The Labute approximate surface area is 191 Å². The maximum Gasteiger partial charge on any atom is 0.226 e. The van der Waals surface area contributed by atoms with E-state index in [1.807, 2.05) is 65.4 Å². The number of aryl methyl sites for hydroxylation is 1. The van der Waals surface area contributed by atoms with Gasteiger partial charge in [0.2, 0.25) is 5.91 Å². The van der Waals surface area contributed by atoms with Gasteiger partial charge >= 0.3 is 0 Å². The summed E-state index contributed by atoms with van der Waals surface area (Å²) >= 11 is 1.52. The Morgan fingerprint density at radius 2 is 1.90 bits per heavy atom. The molecular weight excluding hydrogens is 434 g/mol. The predicted octanol–water partition coefficient (Wildman–Crippen LogP) is 4.67. The van der Waals surface area contributed by atoms with Gasteiger partial charge in [0.1, 0.15) is 0 Å². The third kappa shape index (κ3) is 4.84. The van der Waals surface area contributed by atoms with Crippen molar-refractivity contribution in [3.8, 4) is 22.8 Å². The highest BCUT2D eigenvalue weighted by molar-refractivity contribution is 7.15. The van der Waals surface area contributed by atoms with Crippen LogP contribution in [0.25, 0.3) is 16.2 Å². The molecule has 0 spiro atoms. The number of rotatable bonds is 7. The molecule has 0 bridgehead atoms. The van der Waals surface area contributed by atoms with E-state index in [2.05, 4.69) is 5.32 Å². The summed E-state index contributed by atoms with van der Waals surface area (Å²) in [6, 6.07) is 13.8. The van der Waals surface area contributed by atoms with Gasteiger partial charge in [-0.15, -0.1) is 23.7 Å². The van der Waals surface area contributed by atoms with Crippen LogP contribution in [0, 0.1) is 6.92 Å². The number of nitrogens with zero attached hydrogens (tertiary/aromatic N) is 2. The standard InChI is InChI=1S/C23H23N3O3S.ClH/c1-15-6-4-5-7-17(15)12-24-22(27)11-18-14-30-23-25-19(13-26(18)23)16-8-9-20(28-2)21(10-16)29-3;/h4-10,13-14H,11-12H2,1-3H3,(H,24,27);1H. The lowest BCUT2D eigenvalue weighted by Gasteiger charge is -2.08. The molecule has 0 saturated heterocycles. The van der Waals surface area contributed by atoms with Gasteiger partial charge in [-0.3, -0.25) is 9.20 Å². The zero-order valence-electron chi connectivity index (χ0n) is 17.5. The summed E-state index contributed by atoms with van der Waals surface area (Å²) in [7, 11) is 3.22. The molecule has 31 heavy (non-hydrogen) atoms. The van der Waals surface area contributed by atoms with Gasteiger partial charge in [-0.2, -0.15) is 0 Å². The Kier molecular flexibility index (Phi) is 7.20. The summed E-state index contributed by atoms with van der Waals surface area (Å²) in [5.41, 5.74) is 4.96. The van der Waals surface area contributed by atoms with Crippen molar-refractivity contribution in [1.82, 2.24) is 14.7 Å². The first kappa shape index (κ1) is 22.7. The van der Waals surface area contributed by atoms with Crippen LogP contribution in [-0.2, 0) is 17.8 Å². The van der Waals surface area contributed by atoms with Crippen molar-refractivity contribution in [1.29, 1.82) is 0 Å². The summed E-state index contributed by atoms with van der Waals surface area (Å²) in [6.45, 7) is 2.57. The average Bonchev–Trinajstić information content (AvgIpc) is 3.34. The fraction of sp³-hybridized carbons (Fsp3) is 0.217. The largest absolute Gasteiger partial charge is 0.493 e. The maximum absolute atomic E-state index is 12.5. The smallest absolute Gasteiger partial charge is 0.226 e. The number of carbonyl (C=O) groups is 1. The molecule has 0 atom stereocenters. The number of aromatic nitrogens is 2. The van der Waals surface area contributed by atoms with Crippen LogP contribution in [0.2, 0.25) is 0 Å². The third-order valence-corrected chi connectivity index (χ3v) is 5.93. The fourth-order valence-corrected chi connectivity index (χ4v) is 4.19. The number of nitrogens with one attached hydrogen (secondary N) is 1. The Hall–Kier alpha value is -3.03. The van der Waals surface area contributed by atoms with Crippen molar-refractivity contribution < 1.29 is 14.3 Å². The summed E-state index contributed by atoms with van der Waals surface area (Å²) in [4.78, 5) is 18.0. The average molecular weight is 458 g/mol. The second kappa shape index (κ2) is 9.85. The minimum Gasteiger partial charge on any atom is -0.493 e. The molecule has 1 amide bonds. The van der Waals surface area contributed by atoms with E-state index in [1.165, 1.54) is 16.9 Å². The van der Waals surface area contributed by atoms with Crippen LogP contribution < -0.4 is 14.8 Å². The van der Waals surface area contributed by atoms with Crippen LogP contribution in [-0.4, -0.2) is 29.5 Å². The maximum atomic E-state index is 12.5. The summed E-state index contributed by atoms with van der Waals surface area (Å²) in [5.74, 6) is 1.31. The Morgan fingerprint density at radius 3 is 2.65 bits per heavy atom. The zero-order valence-corrected chi connectivity index (χ0v) is 19.2. The van der Waals surface area contributed by atoms with E-state index in [0.29, 0.717) is 24.5 Å². The van der Waals surface area contributed by atoms with Gasteiger partial charge in [0, 0.05) is 29.4 Å². The number of benzene rings is 2. The number of fused-ring (bicyclic) bond motifs is 1. The Balaban J connectivity index is 0.00000272. The number of hydrogen-bond donors (Lipinski definition) is 1. The molecule has 0 unspecified atom stereocenters. The summed E-state index contributed by atoms with van der Waals surface area (Å²) in [5, 5.41) is 4.99. The van der Waals surface area contributed by atoms with Gasteiger partial charge in [-0.05, 0) is 36.2 Å².